The van der Waals surface area contributed by atoms with Crippen molar-refractivity contribution in [3.8, 4) is 5.75 Å². The third-order valence-electron chi connectivity index (χ3n) is 5.67. The van der Waals surface area contributed by atoms with Crippen molar-refractivity contribution >= 4 is 29.3 Å². The maximum atomic E-state index is 12.5. The number of hydrogen-bond acceptors (Lipinski definition) is 6. The highest BCUT2D eigenvalue weighted by Crippen LogP contribution is 2.19. The highest BCUT2D eigenvalue weighted by molar-refractivity contribution is 7.99. The van der Waals surface area contributed by atoms with Crippen molar-refractivity contribution < 1.29 is 14.3 Å². The molecule has 2 N–H and O–H groups in total. The molecule has 0 spiro atoms. The van der Waals surface area contributed by atoms with Crippen LogP contribution in [0, 0.1) is 13.8 Å². The summed E-state index contributed by atoms with van der Waals surface area (Å²) in [6.07, 6.45) is 0.301. The molecule has 35 heavy (non-hydrogen) atoms. The molecule has 0 saturated heterocycles. The third kappa shape index (κ3) is 7.32. The first kappa shape index (κ1) is 26.3. The number of aromatic nitrogens is 3. The van der Waals surface area contributed by atoms with Gasteiger partial charge in [-0.05, 0) is 75.1 Å². The summed E-state index contributed by atoms with van der Waals surface area (Å²) in [5.41, 5.74) is 4.29. The molecule has 0 bridgehead atoms. The number of rotatable bonds is 11. The summed E-state index contributed by atoms with van der Waals surface area (Å²) in [4.78, 5) is 24.9. The molecular weight excluding hydrogens is 462 g/mol. The lowest BCUT2D eigenvalue weighted by Crippen LogP contribution is -2.36. The molecule has 0 radical (unpaired) electrons. The highest BCUT2D eigenvalue weighted by Gasteiger charge is 2.18. The molecule has 0 saturated carbocycles. The third-order valence-corrected chi connectivity index (χ3v) is 6.63. The quantitative estimate of drug-likeness (QED) is 0.385. The molecule has 8 nitrogen and oxygen atoms in total. The summed E-state index contributed by atoms with van der Waals surface area (Å²) in [5.74, 6) is 1.13. The van der Waals surface area contributed by atoms with E-state index >= 15 is 0 Å². The van der Waals surface area contributed by atoms with Gasteiger partial charge in [-0.3, -0.25) is 9.59 Å². The van der Waals surface area contributed by atoms with E-state index < -0.39 is 6.10 Å². The number of hydrogen-bond donors (Lipinski definition) is 2. The maximum Gasteiger partial charge on any atom is 0.261 e. The lowest BCUT2D eigenvalue weighted by Gasteiger charge is -2.15. The van der Waals surface area contributed by atoms with Crippen molar-refractivity contribution in [3.05, 3.63) is 65.0 Å². The number of carbonyl (C=O) groups excluding carboxylic acids is 2. The number of thioether (sulfide) groups is 1. The predicted molar refractivity (Wildman–Crippen MR) is 139 cm³/mol. The lowest BCUT2D eigenvalue weighted by molar-refractivity contribution is -0.127. The van der Waals surface area contributed by atoms with Crippen molar-refractivity contribution in [2.45, 2.75) is 65.4 Å². The molecule has 0 aliphatic rings. The largest absolute Gasteiger partial charge is 0.481 e. The van der Waals surface area contributed by atoms with Gasteiger partial charge in [0.05, 0.1) is 12.3 Å². The van der Waals surface area contributed by atoms with Crippen LogP contribution in [0.3, 0.4) is 0 Å². The van der Waals surface area contributed by atoms with Crippen molar-refractivity contribution in [1.82, 2.24) is 20.1 Å². The number of nitrogens with zero attached hydrogens (tertiary/aromatic N) is 3. The Labute approximate surface area is 210 Å². The number of benzene rings is 2. The van der Waals surface area contributed by atoms with Crippen LogP contribution in [0.4, 0.5) is 5.69 Å². The van der Waals surface area contributed by atoms with Gasteiger partial charge in [0.1, 0.15) is 5.75 Å². The molecule has 0 fully saturated rings. The van der Waals surface area contributed by atoms with Crippen LogP contribution in [0.15, 0.2) is 47.6 Å². The molecule has 1 heterocycles. The second-order valence-corrected chi connectivity index (χ2v) is 9.20. The minimum Gasteiger partial charge on any atom is -0.481 e. The van der Waals surface area contributed by atoms with Crippen molar-refractivity contribution in [3.63, 3.8) is 0 Å². The second-order valence-electron chi connectivity index (χ2n) is 8.25. The fraction of sp³-hybridized carbons (Fsp3) is 0.385. The van der Waals surface area contributed by atoms with Crippen molar-refractivity contribution in [2.24, 2.45) is 0 Å². The molecule has 1 aromatic heterocycles. The molecule has 2 amide bonds. The van der Waals surface area contributed by atoms with Gasteiger partial charge in [0.2, 0.25) is 5.91 Å². The number of ether oxygens (including phenoxy) is 1. The average Bonchev–Trinajstić information content (AvgIpc) is 3.25. The minimum absolute atomic E-state index is 0.114. The van der Waals surface area contributed by atoms with Gasteiger partial charge in [-0.15, -0.1) is 10.2 Å². The molecular formula is C26H33N5O3S. The van der Waals surface area contributed by atoms with Gasteiger partial charge >= 0.3 is 0 Å². The summed E-state index contributed by atoms with van der Waals surface area (Å²) >= 11 is 1.31. The lowest BCUT2D eigenvalue weighted by atomic mass is 10.1. The Balaban J connectivity index is 1.51. The zero-order valence-corrected chi connectivity index (χ0v) is 21.7. The van der Waals surface area contributed by atoms with E-state index in [0.29, 0.717) is 23.3 Å². The van der Waals surface area contributed by atoms with E-state index in [1.165, 1.54) is 22.9 Å². The average molecular weight is 496 g/mol. The highest BCUT2D eigenvalue weighted by atomic mass is 32.2. The Hall–Kier alpha value is -3.33. The number of aryl methyl sites for hydroxylation is 3. The van der Waals surface area contributed by atoms with Crippen LogP contribution in [-0.2, 0) is 29.1 Å². The number of anilines is 1. The number of carbonyl (C=O) groups is 2. The van der Waals surface area contributed by atoms with Gasteiger partial charge in [-0.25, -0.2) is 0 Å². The van der Waals surface area contributed by atoms with Crippen LogP contribution in [0.2, 0.25) is 0 Å². The van der Waals surface area contributed by atoms with Crippen LogP contribution < -0.4 is 15.4 Å². The summed E-state index contributed by atoms with van der Waals surface area (Å²) in [5, 5.41) is 14.8. The standard InChI is InChI=1S/C26H33N5O3S/c1-6-20-9-12-22(13-10-20)34-19(5)25(33)27-15-23-29-30-26(31(23)7-2)35-16-24(32)28-21-11-8-17(3)18(4)14-21/h8-14,19H,6-7,15-16H2,1-5H3,(H,27,33)(H,28,32)/t19-/m1/s1. The molecule has 3 aromatic rings. The number of nitrogens with one attached hydrogen (secondary N) is 2. The van der Waals surface area contributed by atoms with Crippen LogP contribution in [0.25, 0.3) is 0 Å². The van der Waals surface area contributed by atoms with Gasteiger partial charge in [0, 0.05) is 12.2 Å². The molecule has 0 unspecified atom stereocenters. The maximum absolute atomic E-state index is 12.5. The Bertz CT molecular complexity index is 1160. The van der Waals surface area contributed by atoms with Crippen LogP contribution in [-0.4, -0.2) is 38.4 Å². The molecule has 0 aliphatic heterocycles. The van der Waals surface area contributed by atoms with E-state index in [2.05, 4.69) is 27.8 Å². The zero-order chi connectivity index (χ0) is 25.4. The SMILES string of the molecule is CCc1ccc(O[C@H](C)C(=O)NCc2nnc(SCC(=O)Nc3ccc(C)c(C)c3)n2CC)cc1. The van der Waals surface area contributed by atoms with E-state index in [4.69, 9.17) is 4.74 Å². The van der Waals surface area contributed by atoms with Crippen molar-refractivity contribution in [1.29, 1.82) is 0 Å². The summed E-state index contributed by atoms with van der Waals surface area (Å²) in [6.45, 7) is 10.7. The van der Waals surface area contributed by atoms with Crippen LogP contribution in [0.1, 0.15) is 43.3 Å². The van der Waals surface area contributed by atoms with E-state index in [9.17, 15) is 9.59 Å². The minimum atomic E-state index is -0.650. The first-order valence-corrected chi connectivity index (χ1v) is 12.7. The second kappa shape index (κ2) is 12.4. The van der Waals surface area contributed by atoms with Gasteiger partial charge in [0.15, 0.2) is 17.1 Å². The Kier molecular flexibility index (Phi) is 9.31. The molecule has 186 valence electrons. The first-order valence-electron chi connectivity index (χ1n) is 11.8. The Morgan fingerprint density at radius 1 is 1.06 bits per heavy atom. The fourth-order valence-corrected chi connectivity index (χ4v) is 4.21. The van der Waals surface area contributed by atoms with E-state index in [1.807, 2.05) is 67.8 Å². The van der Waals surface area contributed by atoms with E-state index in [1.54, 1.807) is 6.92 Å². The van der Waals surface area contributed by atoms with Gasteiger partial charge in [-0.1, -0.05) is 36.9 Å². The zero-order valence-electron chi connectivity index (χ0n) is 20.9. The summed E-state index contributed by atoms with van der Waals surface area (Å²) in [7, 11) is 0. The van der Waals surface area contributed by atoms with Gasteiger partial charge in [-0.2, -0.15) is 0 Å². The normalized spacial score (nSPS) is 11.7. The van der Waals surface area contributed by atoms with Gasteiger partial charge in [0.25, 0.3) is 5.91 Å². The fourth-order valence-electron chi connectivity index (χ4n) is 3.39. The Morgan fingerprint density at radius 2 is 1.80 bits per heavy atom. The molecule has 3 rings (SSSR count). The topological polar surface area (TPSA) is 98.1 Å². The molecule has 1 atom stereocenters. The van der Waals surface area contributed by atoms with Gasteiger partial charge < -0.3 is 19.9 Å². The van der Waals surface area contributed by atoms with E-state index in [0.717, 1.165) is 17.7 Å². The monoisotopic (exact) mass is 495 g/mol. The Morgan fingerprint density at radius 3 is 2.46 bits per heavy atom. The number of amides is 2. The van der Waals surface area contributed by atoms with Crippen LogP contribution >= 0.6 is 11.8 Å². The van der Waals surface area contributed by atoms with Crippen molar-refractivity contribution in [2.75, 3.05) is 11.1 Å². The molecule has 2 aromatic carbocycles. The molecule has 9 heteroatoms. The van der Waals surface area contributed by atoms with E-state index in [-0.39, 0.29) is 24.1 Å². The summed E-state index contributed by atoms with van der Waals surface area (Å²) < 4.78 is 7.64. The molecule has 0 aliphatic carbocycles. The summed E-state index contributed by atoms with van der Waals surface area (Å²) in [6, 6.07) is 13.6. The smallest absolute Gasteiger partial charge is 0.261 e. The predicted octanol–water partition coefficient (Wildman–Crippen LogP) is 4.29. The first-order chi connectivity index (χ1) is 16.8. The van der Waals surface area contributed by atoms with Crippen LogP contribution in [0.5, 0.6) is 5.75 Å².